The number of hydrogen-bond donors (Lipinski definition) is 1. The maximum atomic E-state index is 13.6. The van der Waals surface area contributed by atoms with Crippen molar-refractivity contribution in [3.8, 4) is 0 Å². The van der Waals surface area contributed by atoms with Crippen LogP contribution in [-0.4, -0.2) is 41.4 Å². The molecule has 1 aliphatic rings. The molecule has 21 heavy (non-hydrogen) atoms. The van der Waals surface area contributed by atoms with Crippen LogP contribution in [0, 0.1) is 15.9 Å². The molecular formula is C12H15FN2O5S. The predicted molar refractivity (Wildman–Crippen MR) is 71.7 cm³/mol. The van der Waals surface area contributed by atoms with Crippen molar-refractivity contribution < 1.29 is 22.8 Å². The third kappa shape index (κ3) is 3.04. The molecule has 0 bridgehead atoms. The molecule has 0 amide bonds. The summed E-state index contributed by atoms with van der Waals surface area (Å²) in [6.07, 6.45) is 0.861. The SMILES string of the molecule is CC1(O)CCCN(S(=O)(=O)c2cccc(F)c2[N+](=O)[O-])C1. The van der Waals surface area contributed by atoms with E-state index in [0.29, 0.717) is 12.8 Å². The molecule has 7 nitrogen and oxygen atoms in total. The quantitative estimate of drug-likeness (QED) is 0.668. The largest absolute Gasteiger partial charge is 0.389 e. The highest BCUT2D eigenvalue weighted by atomic mass is 32.2. The van der Waals surface area contributed by atoms with E-state index < -0.39 is 36.9 Å². The van der Waals surface area contributed by atoms with Gasteiger partial charge >= 0.3 is 5.69 Å². The van der Waals surface area contributed by atoms with E-state index in [4.69, 9.17) is 0 Å². The van der Waals surface area contributed by atoms with Crippen molar-refractivity contribution in [2.75, 3.05) is 13.1 Å². The lowest BCUT2D eigenvalue weighted by Gasteiger charge is -2.35. The highest BCUT2D eigenvalue weighted by Crippen LogP contribution is 2.32. The lowest BCUT2D eigenvalue weighted by molar-refractivity contribution is -0.390. The Morgan fingerprint density at radius 3 is 2.71 bits per heavy atom. The highest BCUT2D eigenvalue weighted by molar-refractivity contribution is 7.89. The van der Waals surface area contributed by atoms with Crippen molar-refractivity contribution >= 4 is 15.7 Å². The molecule has 0 radical (unpaired) electrons. The molecule has 1 heterocycles. The summed E-state index contributed by atoms with van der Waals surface area (Å²) < 4.78 is 39.5. The van der Waals surface area contributed by atoms with Crippen LogP contribution < -0.4 is 0 Å². The van der Waals surface area contributed by atoms with Crippen LogP contribution in [0.4, 0.5) is 10.1 Å². The maximum Gasteiger partial charge on any atom is 0.324 e. The van der Waals surface area contributed by atoms with Crippen LogP contribution in [-0.2, 0) is 10.0 Å². The molecule has 1 fully saturated rings. The first-order chi connectivity index (χ1) is 9.65. The van der Waals surface area contributed by atoms with Crippen LogP contribution in [0.25, 0.3) is 0 Å². The number of nitrogens with zero attached hydrogens (tertiary/aromatic N) is 2. The summed E-state index contributed by atoms with van der Waals surface area (Å²) in [6.45, 7) is 1.45. The summed E-state index contributed by atoms with van der Waals surface area (Å²) in [4.78, 5) is 9.19. The topological polar surface area (TPSA) is 101 Å². The normalized spacial score (nSPS) is 24.0. The summed E-state index contributed by atoms with van der Waals surface area (Å²) in [5.41, 5.74) is -2.27. The molecular weight excluding hydrogens is 303 g/mol. The highest BCUT2D eigenvalue weighted by Gasteiger charge is 2.39. The summed E-state index contributed by atoms with van der Waals surface area (Å²) in [5.74, 6) is -1.20. The van der Waals surface area contributed by atoms with E-state index in [1.54, 1.807) is 0 Å². The Balaban J connectivity index is 2.50. The van der Waals surface area contributed by atoms with Crippen molar-refractivity contribution in [3.63, 3.8) is 0 Å². The van der Waals surface area contributed by atoms with Crippen LogP contribution in [0.2, 0.25) is 0 Å². The van der Waals surface area contributed by atoms with Crippen molar-refractivity contribution in [1.29, 1.82) is 0 Å². The Kier molecular flexibility index (Phi) is 4.00. The number of halogens is 1. The van der Waals surface area contributed by atoms with Crippen LogP contribution in [0.15, 0.2) is 23.1 Å². The average molecular weight is 318 g/mol. The van der Waals surface area contributed by atoms with Gasteiger partial charge in [0, 0.05) is 13.1 Å². The zero-order valence-electron chi connectivity index (χ0n) is 11.3. The molecule has 0 aliphatic carbocycles. The lowest BCUT2D eigenvalue weighted by Crippen LogP contribution is -2.48. The second-order valence-electron chi connectivity index (χ2n) is 5.28. The molecule has 0 spiro atoms. The van der Waals surface area contributed by atoms with Gasteiger partial charge in [-0.15, -0.1) is 0 Å². The van der Waals surface area contributed by atoms with Crippen molar-refractivity contribution in [2.45, 2.75) is 30.3 Å². The van der Waals surface area contributed by atoms with Gasteiger partial charge in [0.1, 0.15) is 0 Å². The van der Waals surface area contributed by atoms with Gasteiger partial charge in [-0.1, -0.05) is 6.07 Å². The summed E-state index contributed by atoms with van der Waals surface area (Å²) in [6, 6.07) is 2.95. The second kappa shape index (κ2) is 5.32. The molecule has 1 N–H and O–H groups in total. The number of sulfonamides is 1. The van der Waals surface area contributed by atoms with Gasteiger partial charge < -0.3 is 5.11 Å². The maximum absolute atomic E-state index is 13.6. The average Bonchev–Trinajstić information content (AvgIpc) is 2.36. The molecule has 9 heteroatoms. The number of β-amino-alcohol motifs (C(OH)–C–C–N with tert-alkyl or cyclic N) is 1. The van der Waals surface area contributed by atoms with Gasteiger partial charge in [-0.2, -0.15) is 8.70 Å². The number of nitro benzene ring substituents is 1. The Hall–Kier alpha value is -1.58. The Morgan fingerprint density at radius 1 is 1.48 bits per heavy atom. The fourth-order valence-corrected chi connectivity index (χ4v) is 4.16. The molecule has 116 valence electrons. The molecule has 1 saturated heterocycles. The Bertz CT molecular complexity index is 674. The lowest BCUT2D eigenvalue weighted by atomic mass is 9.97. The van der Waals surface area contributed by atoms with Gasteiger partial charge in [-0.3, -0.25) is 10.1 Å². The van der Waals surface area contributed by atoms with Gasteiger partial charge in [0.05, 0.1) is 10.5 Å². The zero-order chi connectivity index (χ0) is 15.8. The molecule has 0 aromatic heterocycles. The minimum absolute atomic E-state index is 0.131. The third-order valence-electron chi connectivity index (χ3n) is 3.39. The fraction of sp³-hybridized carbons (Fsp3) is 0.500. The van der Waals surface area contributed by atoms with Gasteiger partial charge in [0.15, 0.2) is 4.90 Å². The fourth-order valence-electron chi connectivity index (χ4n) is 2.40. The molecule has 1 unspecified atom stereocenters. The second-order valence-corrected chi connectivity index (χ2v) is 7.19. The minimum atomic E-state index is -4.24. The first-order valence-corrected chi connectivity index (χ1v) is 7.75. The number of rotatable bonds is 3. The third-order valence-corrected chi connectivity index (χ3v) is 5.27. The molecule has 1 aromatic carbocycles. The van der Waals surface area contributed by atoms with Crippen LogP contribution in [0.1, 0.15) is 19.8 Å². The molecule has 2 rings (SSSR count). The standard InChI is InChI=1S/C12H15FN2O5S/c1-12(16)6-3-7-14(8-12)21(19,20)10-5-2-4-9(13)11(10)15(17)18/h2,4-5,16H,3,6-8H2,1H3. The monoisotopic (exact) mass is 318 g/mol. The number of hydrogen-bond acceptors (Lipinski definition) is 5. The minimum Gasteiger partial charge on any atom is -0.389 e. The molecule has 1 atom stereocenters. The van der Waals surface area contributed by atoms with Crippen LogP contribution >= 0.6 is 0 Å². The van der Waals surface area contributed by atoms with Gasteiger partial charge in [-0.25, -0.2) is 8.42 Å². The summed E-state index contributed by atoms with van der Waals surface area (Å²) in [7, 11) is -4.24. The van der Waals surface area contributed by atoms with Crippen molar-refractivity contribution in [1.82, 2.24) is 4.31 Å². The smallest absolute Gasteiger partial charge is 0.324 e. The van der Waals surface area contributed by atoms with E-state index >= 15 is 0 Å². The summed E-state index contributed by atoms with van der Waals surface area (Å²) in [5, 5.41) is 20.9. The first kappa shape index (κ1) is 15.8. The number of piperidine rings is 1. The van der Waals surface area contributed by atoms with Crippen LogP contribution in [0.3, 0.4) is 0 Å². The number of benzene rings is 1. The first-order valence-electron chi connectivity index (χ1n) is 6.30. The Labute approximate surface area is 121 Å². The van der Waals surface area contributed by atoms with Gasteiger partial charge in [0.25, 0.3) is 0 Å². The number of aliphatic hydroxyl groups is 1. The Morgan fingerprint density at radius 2 is 2.14 bits per heavy atom. The number of nitro groups is 1. The van der Waals surface area contributed by atoms with Gasteiger partial charge in [0.2, 0.25) is 15.8 Å². The molecule has 1 aromatic rings. The van der Waals surface area contributed by atoms with Crippen molar-refractivity contribution in [3.05, 3.63) is 34.1 Å². The number of para-hydroxylation sites is 1. The van der Waals surface area contributed by atoms with E-state index in [0.717, 1.165) is 22.5 Å². The molecule has 0 saturated carbocycles. The van der Waals surface area contributed by atoms with E-state index in [-0.39, 0.29) is 13.1 Å². The van der Waals surface area contributed by atoms with Crippen LogP contribution in [0.5, 0.6) is 0 Å². The predicted octanol–water partition coefficient (Wildman–Crippen LogP) is 1.27. The van der Waals surface area contributed by atoms with E-state index in [2.05, 4.69) is 0 Å². The zero-order valence-corrected chi connectivity index (χ0v) is 12.1. The van der Waals surface area contributed by atoms with E-state index in [1.165, 1.54) is 6.92 Å². The van der Waals surface area contributed by atoms with E-state index in [1.807, 2.05) is 0 Å². The van der Waals surface area contributed by atoms with Crippen molar-refractivity contribution in [2.24, 2.45) is 0 Å². The van der Waals surface area contributed by atoms with E-state index in [9.17, 15) is 28.0 Å². The molecule has 1 aliphatic heterocycles. The van der Waals surface area contributed by atoms with Gasteiger partial charge in [-0.05, 0) is 31.9 Å². The summed E-state index contributed by atoms with van der Waals surface area (Å²) >= 11 is 0.